The largest absolute Gasteiger partial charge is 0.347 e. The van der Waals surface area contributed by atoms with Gasteiger partial charge in [0, 0.05) is 12.3 Å². The summed E-state index contributed by atoms with van der Waals surface area (Å²) in [6, 6.07) is 0. The maximum Gasteiger partial charge on any atom is 0.172 e. The molecule has 9 unspecified atom stereocenters. The van der Waals surface area contributed by atoms with Crippen molar-refractivity contribution < 1.29 is 9.47 Å². The summed E-state index contributed by atoms with van der Waals surface area (Å²) in [5, 5.41) is 0. The molecule has 2 nitrogen and oxygen atoms in total. The normalized spacial score (nSPS) is 48.5. The van der Waals surface area contributed by atoms with E-state index < -0.39 is 0 Å². The lowest BCUT2D eigenvalue weighted by molar-refractivity contribution is -0.295. The van der Waals surface area contributed by atoms with Crippen molar-refractivity contribution >= 4 is 0 Å². The maximum atomic E-state index is 6.62. The van der Waals surface area contributed by atoms with Crippen molar-refractivity contribution in [2.45, 2.75) is 118 Å². The van der Waals surface area contributed by atoms with E-state index in [1.807, 2.05) is 0 Å². The van der Waals surface area contributed by atoms with Crippen molar-refractivity contribution in [1.29, 1.82) is 0 Å². The first-order valence-electron chi connectivity index (χ1n) is 14.5. The highest BCUT2D eigenvalue weighted by atomic mass is 16.7. The summed E-state index contributed by atoms with van der Waals surface area (Å²) in [5.41, 5.74) is 0.964. The molecule has 1 aliphatic heterocycles. The summed E-state index contributed by atoms with van der Waals surface area (Å²) in [7, 11) is 0. The fourth-order valence-electron chi connectivity index (χ4n) is 10.3. The van der Waals surface area contributed by atoms with Gasteiger partial charge in [-0.15, -0.1) is 0 Å². The van der Waals surface area contributed by atoms with Gasteiger partial charge in [0.15, 0.2) is 5.79 Å². The van der Waals surface area contributed by atoms with E-state index in [4.69, 9.17) is 9.47 Å². The van der Waals surface area contributed by atoms with Crippen LogP contribution in [0.3, 0.4) is 0 Å². The minimum Gasteiger partial charge on any atom is -0.347 e. The molecule has 0 radical (unpaired) electrons. The Hall–Kier alpha value is -0.0800. The van der Waals surface area contributed by atoms with E-state index in [0.717, 1.165) is 54.6 Å². The summed E-state index contributed by atoms with van der Waals surface area (Å²) in [5.74, 6) is 6.44. The minimum absolute atomic E-state index is 0.260. The van der Waals surface area contributed by atoms with E-state index in [1.165, 1.54) is 70.6 Å². The van der Waals surface area contributed by atoms with Crippen molar-refractivity contribution in [1.82, 2.24) is 0 Å². The van der Waals surface area contributed by atoms with Crippen LogP contribution in [-0.4, -0.2) is 19.0 Å². The quantitative estimate of drug-likeness (QED) is 0.426. The van der Waals surface area contributed by atoms with Gasteiger partial charge in [0.05, 0.1) is 13.2 Å². The number of hydrogen-bond donors (Lipinski definition) is 0. The minimum atomic E-state index is -0.260. The third-order valence-electron chi connectivity index (χ3n) is 11.9. The molecule has 1 spiro atoms. The third-order valence-corrected chi connectivity index (χ3v) is 11.9. The molecular weight excluding hydrogens is 392 g/mol. The molecule has 32 heavy (non-hydrogen) atoms. The van der Waals surface area contributed by atoms with E-state index in [-0.39, 0.29) is 5.79 Å². The van der Waals surface area contributed by atoms with Gasteiger partial charge >= 0.3 is 0 Å². The van der Waals surface area contributed by atoms with Crippen LogP contribution in [-0.2, 0) is 9.47 Å². The van der Waals surface area contributed by atoms with Gasteiger partial charge in [-0.1, -0.05) is 67.2 Å². The number of rotatable bonds is 5. The van der Waals surface area contributed by atoms with Crippen LogP contribution in [0.2, 0.25) is 0 Å². The summed E-state index contributed by atoms with van der Waals surface area (Å²) < 4.78 is 13.2. The zero-order chi connectivity index (χ0) is 22.7. The van der Waals surface area contributed by atoms with Crippen molar-refractivity contribution in [2.24, 2.45) is 58.2 Å². The van der Waals surface area contributed by atoms with E-state index in [2.05, 4.69) is 41.5 Å². The van der Waals surface area contributed by atoms with Crippen LogP contribution in [0.15, 0.2) is 0 Å². The first-order chi connectivity index (χ1) is 15.2. The predicted molar refractivity (Wildman–Crippen MR) is 132 cm³/mol. The molecule has 0 bridgehead atoms. The van der Waals surface area contributed by atoms with Gasteiger partial charge in [0.1, 0.15) is 0 Å². The van der Waals surface area contributed by atoms with Crippen molar-refractivity contribution in [3.63, 3.8) is 0 Å². The molecule has 5 aliphatic rings. The molecule has 5 fully saturated rings. The van der Waals surface area contributed by atoms with Gasteiger partial charge in [0.2, 0.25) is 0 Å². The van der Waals surface area contributed by atoms with Gasteiger partial charge in [-0.25, -0.2) is 0 Å². The molecular formula is C30H52O2. The molecule has 0 aromatic rings. The van der Waals surface area contributed by atoms with Crippen molar-refractivity contribution in [3.8, 4) is 0 Å². The summed E-state index contributed by atoms with van der Waals surface area (Å²) >= 11 is 0. The molecule has 184 valence electrons. The molecule has 4 aliphatic carbocycles. The number of ether oxygens (including phenoxy) is 2. The Morgan fingerprint density at radius 1 is 0.844 bits per heavy atom. The van der Waals surface area contributed by atoms with Crippen LogP contribution in [0.5, 0.6) is 0 Å². The van der Waals surface area contributed by atoms with Gasteiger partial charge < -0.3 is 9.47 Å². The Balaban J connectivity index is 1.39. The Kier molecular flexibility index (Phi) is 6.31. The fourth-order valence-corrected chi connectivity index (χ4v) is 10.3. The van der Waals surface area contributed by atoms with Gasteiger partial charge in [-0.3, -0.25) is 0 Å². The zero-order valence-corrected chi connectivity index (χ0v) is 22.1. The molecule has 2 heteroatoms. The molecule has 1 heterocycles. The van der Waals surface area contributed by atoms with E-state index in [0.29, 0.717) is 16.7 Å². The van der Waals surface area contributed by atoms with Crippen molar-refractivity contribution in [2.75, 3.05) is 13.2 Å². The Labute approximate surface area is 199 Å². The lowest BCUT2D eigenvalue weighted by Crippen LogP contribution is -2.63. The van der Waals surface area contributed by atoms with Crippen molar-refractivity contribution in [3.05, 3.63) is 0 Å². The average Bonchev–Trinajstić information content (AvgIpc) is 3.34. The zero-order valence-electron chi connectivity index (χ0n) is 22.1. The Morgan fingerprint density at radius 2 is 1.53 bits per heavy atom. The van der Waals surface area contributed by atoms with Gasteiger partial charge in [-0.05, 0) is 90.8 Å². The topological polar surface area (TPSA) is 18.5 Å². The monoisotopic (exact) mass is 444 g/mol. The van der Waals surface area contributed by atoms with E-state index >= 15 is 0 Å². The smallest absolute Gasteiger partial charge is 0.172 e. The highest BCUT2D eigenvalue weighted by Gasteiger charge is 2.67. The average molecular weight is 445 g/mol. The second-order valence-electron chi connectivity index (χ2n) is 14.1. The third kappa shape index (κ3) is 3.64. The number of hydrogen-bond acceptors (Lipinski definition) is 2. The number of fused-ring (bicyclic) bond motifs is 6. The lowest BCUT2D eigenvalue weighted by atomic mass is 9.42. The van der Waals surface area contributed by atoms with Crippen LogP contribution in [0.25, 0.3) is 0 Å². The highest BCUT2D eigenvalue weighted by molar-refractivity contribution is 5.13. The molecule has 9 atom stereocenters. The van der Waals surface area contributed by atoms with Gasteiger partial charge in [-0.2, -0.15) is 0 Å². The Morgan fingerprint density at radius 3 is 2.25 bits per heavy atom. The van der Waals surface area contributed by atoms with Gasteiger partial charge in [0.25, 0.3) is 0 Å². The molecule has 5 rings (SSSR count). The maximum absolute atomic E-state index is 6.62. The second kappa shape index (κ2) is 8.54. The van der Waals surface area contributed by atoms with Crippen LogP contribution in [0.1, 0.15) is 112 Å². The predicted octanol–water partition coefficient (Wildman–Crippen LogP) is 8.10. The second-order valence-corrected chi connectivity index (χ2v) is 14.1. The molecule has 0 N–H and O–H groups in total. The van der Waals surface area contributed by atoms with E-state index in [1.54, 1.807) is 0 Å². The molecule has 4 saturated carbocycles. The molecule has 0 aromatic heterocycles. The van der Waals surface area contributed by atoms with Crippen LogP contribution < -0.4 is 0 Å². The molecule has 1 saturated heterocycles. The van der Waals surface area contributed by atoms with Crippen LogP contribution in [0.4, 0.5) is 0 Å². The van der Waals surface area contributed by atoms with Crippen LogP contribution >= 0.6 is 0 Å². The van der Waals surface area contributed by atoms with E-state index in [9.17, 15) is 0 Å². The Bertz CT molecular complexity index is 666. The first kappa shape index (κ1) is 23.7. The fraction of sp³-hybridized carbons (Fsp3) is 1.00. The lowest BCUT2D eigenvalue weighted by Gasteiger charge is -2.65. The first-order valence-corrected chi connectivity index (χ1v) is 14.5. The SMILES string of the molecule is CC(C)CCCC(C)C1CCC2C3CC4(OCCO4)C4CC(C)CCC4(C)C3CCC12C. The standard InChI is InChI=1S/C30H52O2/c1-20(2)8-7-9-22(4)24-10-11-25-23-19-30(31-16-17-32-30)27-18-21(3)12-14-29(27,6)26(23)13-15-28(24,25)5/h20-27H,7-19H2,1-6H3. The summed E-state index contributed by atoms with van der Waals surface area (Å²) in [4.78, 5) is 0. The van der Waals surface area contributed by atoms with Crippen LogP contribution in [0, 0.1) is 58.2 Å². The molecule has 0 aromatic carbocycles. The summed E-state index contributed by atoms with van der Waals surface area (Å²) in [6.07, 6.45) is 15.4. The highest BCUT2D eigenvalue weighted by Crippen LogP contribution is 2.71. The summed E-state index contributed by atoms with van der Waals surface area (Å²) in [6.45, 7) is 16.8. The molecule has 0 amide bonds.